The van der Waals surface area contributed by atoms with Gasteiger partial charge in [0.05, 0.1) is 0 Å². The maximum atomic E-state index is 3.10. The first kappa shape index (κ1) is 8.02. The third-order valence-corrected chi connectivity index (χ3v) is 3.95. The van der Waals surface area contributed by atoms with Crippen LogP contribution in [0.15, 0.2) is 24.3 Å². The van der Waals surface area contributed by atoms with Gasteiger partial charge in [0.25, 0.3) is 0 Å². The van der Waals surface area contributed by atoms with Gasteiger partial charge in [0.1, 0.15) is 0 Å². The van der Waals surface area contributed by atoms with Crippen LogP contribution in [-0.2, 0) is 6.42 Å². The summed E-state index contributed by atoms with van der Waals surface area (Å²) in [5, 5.41) is 3.10. The van der Waals surface area contributed by atoms with Crippen molar-refractivity contribution in [3.05, 3.63) is 34.5 Å². The van der Waals surface area contributed by atoms with Crippen LogP contribution >= 0.6 is 22.7 Å². The van der Waals surface area contributed by atoms with E-state index in [1.165, 1.54) is 14.6 Å². The molecule has 0 atom stereocenters. The summed E-state index contributed by atoms with van der Waals surface area (Å²) < 4.78 is 0. The van der Waals surface area contributed by atoms with Gasteiger partial charge >= 0.3 is 0 Å². The molecule has 2 heterocycles. The molecule has 0 aromatic carbocycles. The fraction of sp³-hybridized carbons (Fsp3) is 0.200. The average molecular weight is 193 g/mol. The molecule has 0 bridgehead atoms. The van der Waals surface area contributed by atoms with Crippen molar-refractivity contribution in [1.82, 2.24) is 0 Å². The molecule has 0 aliphatic carbocycles. The normalized spacial score (nSPS) is 10.4. The van der Waals surface area contributed by atoms with Gasteiger partial charge in [0.15, 0.2) is 0 Å². The van der Waals surface area contributed by atoms with Crippen LogP contribution in [0.4, 0.5) is 0 Å². The third-order valence-electron chi connectivity index (χ3n) is 1.72. The zero-order chi connectivity index (χ0) is 8.39. The van der Waals surface area contributed by atoms with E-state index in [-0.39, 0.29) is 0 Å². The van der Waals surface area contributed by atoms with Crippen LogP contribution in [0.25, 0.3) is 9.75 Å². The summed E-state index contributed by atoms with van der Waals surface area (Å²) in [7, 11) is 0. The van der Waals surface area contributed by atoms with Gasteiger partial charge in [0.2, 0.25) is 0 Å². The Kier molecular flexibility index (Phi) is 2.28. The van der Waals surface area contributed by atoms with E-state index >= 15 is 0 Å². The average Bonchev–Trinajstić information content (AvgIpc) is 2.75. The van der Waals surface area contributed by atoms with Crippen molar-refractivity contribution < 1.29 is 0 Å². The van der Waals surface area contributed by atoms with Gasteiger partial charge in [-0.1, -0.05) is 6.92 Å². The Balaban J connectivity index is 2.35. The molecular formula is C10H9S2. The summed E-state index contributed by atoms with van der Waals surface area (Å²) in [4.78, 5) is 4.16. The second kappa shape index (κ2) is 3.42. The molecule has 0 aliphatic rings. The lowest BCUT2D eigenvalue weighted by Gasteiger charge is -1.87. The van der Waals surface area contributed by atoms with E-state index in [1.807, 2.05) is 17.4 Å². The quantitative estimate of drug-likeness (QED) is 0.680. The fourth-order valence-corrected chi connectivity index (χ4v) is 2.76. The number of hydrogen-bond donors (Lipinski definition) is 0. The number of rotatable bonds is 2. The first-order valence-corrected chi connectivity index (χ1v) is 5.58. The van der Waals surface area contributed by atoms with Crippen LogP contribution in [0.2, 0.25) is 0 Å². The summed E-state index contributed by atoms with van der Waals surface area (Å²) in [6.07, 6.45) is 1.14. The lowest BCUT2D eigenvalue weighted by molar-refractivity contribution is 1.19. The van der Waals surface area contributed by atoms with E-state index in [1.54, 1.807) is 11.3 Å². The molecular weight excluding hydrogens is 184 g/mol. The highest BCUT2D eigenvalue weighted by Crippen LogP contribution is 2.31. The van der Waals surface area contributed by atoms with Crippen LogP contribution in [0.1, 0.15) is 11.8 Å². The van der Waals surface area contributed by atoms with E-state index < -0.39 is 0 Å². The zero-order valence-corrected chi connectivity index (χ0v) is 8.47. The predicted molar refractivity (Wildman–Crippen MR) is 55.8 cm³/mol. The van der Waals surface area contributed by atoms with Gasteiger partial charge in [-0.3, -0.25) is 0 Å². The summed E-state index contributed by atoms with van der Waals surface area (Å²) in [6.45, 7) is 2.19. The molecule has 0 saturated heterocycles. The molecule has 12 heavy (non-hydrogen) atoms. The molecule has 0 nitrogen and oxygen atoms in total. The van der Waals surface area contributed by atoms with Gasteiger partial charge in [-0.15, -0.1) is 22.7 Å². The second-order valence-electron chi connectivity index (χ2n) is 2.54. The molecule has 0 unspecified atom stereocenters. The summed E-state index contributed by atoms with van der Waals surface area (Å²) >= 11 is 3.57. The smallest absolute Gasteiger partial charge is 0.0449 e. The molecule has 0 amide bonds. The molecule has 2 aromatic heterocycles. The van der Waals surface area contributed by atoms with Crippen LogP contribution in [0.3, 0.4) is 0 Å². The van der Waals surface area contributed by atoms with Crippen molar-refractivity contribution in [2.24, 2.45) is 0 Å². The molecule has 0 fully saturated rings. The van der Waals surface area contributed by atoms with Gasteiger partial charge < -0.3 is 0 Å². The largest absolute Gasteiger partial charge is 0.139 e. The summed E-state index contributed by atoms with van der Waals surface area (Å²) in [6, 6.07) is 8.50. The van der Waals surface area contributed by atoms with Crippen LogP contribution in [0.5, 0.6) is 0 Å². The van der Waals surface area contributed by atoms with Crippen LogP contribution in [0, 0.1) is 5.38 Å². The maximum absolute atomic E-state index is 3.10. The topological polar surface area (TPSA) is 0 Å². The monoisotopic (exact) mass is 193 g/mol. The molecule has 2 aromatic rings. The predicted octanol–water partition coefficient (Wildman–Crippen LogP) is 3.84. The second-order valence-corrected chi connectivity index (χ2v) is 4.58. The third kappa shape index (κ3) is 1.45. The molecule has 1 radical (unpaired) electrons. The SMILES string of the molecule is CCc1ccc(-c2cc[c]s2)s1. The van der Waals surface area contributed by atoms with E-state index in [0.29, 0.717) is 0 Å². The lowest BCUT2D eigenvalue weighted by atomic mass is 10.3. The number of thiophene rings is 2. The summed E-state index contributed by atoms with van der Waals surface area (Å²) in [5.41, 5.74) is 0. The first-order valence-electron chi connectivity index (χ1n) is 3.95. The Hall–Kier alpha value is -0.600. The number of hydrogen-bond acceptors (Lipinski definition) is 2. The molecule has 0 N–H and O–H groups in total. The van der Waals surface area contributed by atoms with Gasteiger partial charge in [-0.2, -0.15) is 0 Å². The van der Waals surface area contributed by atoms with E-state index in [9.17, 15) is 0 Å². The minimum absolute atomic E-state index is 1.14. The molecule has 61 valence electrons. The Morgan fingerprint density at radius 1 is 1.25 bits per heavy atom. The van der Waals surface area contributed by atoms with Crippen molar-refractivity contribution in [2.45, 2.75) is 13.3 Å². The highest BCUT2D eigenvalue weighted by Gasteiger charge is 2.01. The zero-order valence-electron chi connectivity index (χ0n) is 6.83. The van der Waals surface area contributed by atoms with Crippen LogP contribution < -0.4 is 0 Å². The van der Waals surface area contributed by atoms with Gasteiger partial charge in [-0.25, -0.2) is 0 Å². The van der Waals surface area contributed by atoms with E-state index in [4.69, 9.17) is 0 Å². The standard InChI is InChI=1S/C10H9S2/c1-2-8-5-6-10(12-8)9-4-3-7-11-9/h3-6H,2H2,1H3. The maximum Gasteiger partial charge on any atom is 0.0449 e. The van der Waals surface area contributed by atoms with Gasteiger partial charge in [0, 0.05) is 20.0 Å². The lowest BCUT2D eigenvalue weighted by Crippen LogP contribution is -1.63. The highest BCUT2D eigenvalue weighted by atomic mass is 32.1. The van der Waals surface area contributed by atoms with Crippen LogP contribution in [-0.4, -0.2) is 0 Å². The van der Waals surface area contributed by atoms with E-state index in [0.717, 1.165) is 6.42 Å². The van der Waals surface area contributed by atoms with Crippen molar-refractivity contribution in [1.29, 1.82) is 0 Å². The minimum atomic E-state index is 1.14. The first-order chi connectivity index (χ1) is 5.90. The Morgan fingerprint density at radius 2 is 2.17 bits per heavy atom. The van der Waals surface area contributed by atoms with Crippen molar-refractivity contribution in [3.63, 3.8) is 0 Å². The molecule has 2 heteroatoms. The minimum Gasteiger partial charge on any atom is -0.139 e. The Morgan fingerprint density at radius 3 is 2.75 bits per heavy atom. The van der Waals surface area contributed by atoms with Crippen molar-refractivity contribution in [2.75, 3.05) is 0 Å². The Bertz CT molecular complexity index is 344. The molecule has 0 spiro atoms. The number of aryl methyl sites for hydroxylation is 1. The highest BCUT2D eigenvalue weighted by molar-refractivity contribution is 7.21. The molecule has 0 aliphatic heterocycles. The molecule has 2 rings (SSSR count). The molecule has 0 saturated carbocycles. The van der Waals surface area contributed by atoms with Crippen molar-refractivity contribution >= 4 is 22.7 Å². The fourth-order valence-electron chi connectivity index (χ4n) is 1.07. The Labute approximate surface area is 80.5 Å². The summed E-state index contributed by atoms with van der Waals surface area (Å²) in [5.74, 6) is 0. The van der Waals surface area contributed by atoms with Gasteiger partial charge in [-0.05, 0) is 30.7 Å². The van der Waals surface area contributed by atoms with E-state index in [2.05, 4.69) is 30.5 Å². The van der Waals surface area contributed by atoms with Crippen molar-refractivity contribution in [3.8, 4) is 9.75 Å².